The number of carbonyl (C=O) groups is 2. The van der Waals surface area contributed by atoms with Gasteiger partial charge in [-0.05, 0) is 34.6 Å². The molecule has 0 aromatic carbocycles. The van der Waals surface area contributed by atoms with E-state index in [1.807, 2.05) is 0 Å². The molecule has 0 unspecified atom stereocenters. The van der Waals surface area contributed by atoms with Crippen LogP contribution in [-0.2, 0) is 9.47 Å². The van der Waals surface area contributed by atoms with Gasteiger partial charge >= 0.3 is 18.1 Å². The van der Waals surface area contributed by atoms with Crippen LogP contribution in [0.2, 0.25) is 0 Å². The lowest BCUT2D eigenvalue weighted by Gasteiger charge is -2.22. The van der Waals surface area contributed by atoms with Crippen LogP contribution in [0.4, 0.5) is 10.8 Å². The Hall–Kier alpha value is -2.05. The number of ether oxygens (including phenoxy) is 2. The number of nitrogens with zero attached hydrogens (tertiary/aromatic N) is 2. The van der Waals surface area contributed by atoms with E-state index in [9.17, 15) is 9.59 Å². The summed E-state index contributed by atoms with van der Waals surface area (Å²) in [5, 5.41) is 0. The van der Waals surface area contributed by atoms with Crippen molar-refractivity contribution in [3.05, 3.63) is 11.5 Å². The number of hydrogen-bond donors (Lipinski definition) is 0. The van der Waals surface area contributed by atoms with Gasteiger partial charge in [-0.1, -0.05) is 0 Å². The molecule has 0 aliphatic rings. The van der Waals surface area contributed by atoms with Crippen LogP contribution in [0.1, 0.15) is 43.9 Å². The van der Waals surface area contributed by atoms with Crippen LogP contribution in [0.5, 0.6) is 0 Å². The minimum Gasteiger partial charge on any atom is -0.460 e. The third-order valence-corrected chi connectivity index (χ3v) is 2.20. The summed E-state index contributed by atoms with van der Waals surface area (Å²) in [6.45, 7) is 8.78. The van der Waals surface area contributed by atoms with Crippen molar-refractivity contribution >= 4 is 18.1 Å². The first-order chi connectivity index (χ1) is 9.15. The molecule has 1 heterocycles. The summed E-state index contributed by atoms with van der Waals surface area (Å²) in [4.78, 5) is 28.6. The first-order valence-electron chi connectivity index (χ1n) is 6.27. The summed E-state index contributed by atoms with van der Waals surface area (Å²) in [6.07, 6.45) is -0.617. The zero-order valence-corrected chi connectivity index (χ0v) is 12.6. The smallest absolute Gasteiger partial charge is 0.418 e. The molecule has 20 heavy (non-hydrogen) atoms. The summed E-state index contributed by atoms with van der Waals surface area (Å²) in [5.41, 5.74) is -0.273. The van der Waals surface area contributed by atoms with Crippen LogP contribution < -0.4 is 4.90 Å². The van der Waals surface area contributed by atoms with Crippen molar-refractivity contribution in [2.45, 2.75) is 40.2 Å². The predicted molar refractivity (Wildman–Crippen MR) is 71.8 cm³/mol. The topological polar surface area (TPSA) is 81.9 Å². The van der Waals surface area contributed by atoms with E-state index in [1.165, 1.54) is 7.05 Å². The maximum Gasteiger partial charge on any atom is 0.418 e. The van der Waals surface area contributed by atoms with Crippen LogP contribution in [-0.4, -0.2) is 36.3 Å². The standard InChI is InChI=1S/C13H20N2O5/c1-7-18-10(16)9-8(2)14-11(19-9)15(6)12(17)20-13(3,4)5/h7H2,1-6H3. The average Bonchev–Trinajstić information content (AvgIpc) is 2.68. The lowest BCUT2D eigenvalue weighted by Crippen LogP contribution is -2.34. The summed E-state index contributed by atoms with van der Waals surface area (Å²) >= 11 is 0. The van der Waals surface area contributed by atoms with Gasteiger partial charge in [-0.3, -0.25) is 0 Å². The van der Waals surface area contributed by atoms with Crippen LogP contribution >= 0.6 is 0 Å². The fourth-order valence-corrected chi connectivity index (χ4v) is 1.32. The Morgan fingerprint density at radius 3 is 2.45 bits per heavy atom. The molecule has 1 aromatic rings. The van der Waals surface area contributed by atoms with E-state index >= 15 is 0 Å². The zero-order chi connectivity index (χ0) is 15.5. The second kappa shape index (κ2) is 5.94. The Morgan fingerprint density at radius 1 is 1.35 bits per heavy atom. The molecule has 0 aliphatic carbocycles. The quantitative estimate of drug-likeness (QED) is 0.793. The highest BCUT2D eigenvalue weighted by Gasteiger charge is 2.26. The van der Waals surface area contributed by atoms with Gasteiger partial charge in [-0.15, -0.1) is 0 Å². The van der Waals surface area contributed by atoms with Gasteiger partial charge in [-0.2, -0.15) is 4.98 Å². The Labute approximate surface area is 117 Å². The number of aryl methyl sites for hydroxylation is 1. The van der Waals surface area contributed by atoms with E-state index in [0.29, 0.717) is 5.69 Å². The first kappa shape index (κ1) is 16.0. The third kappa shape index (κ3) is 3.97. The van der Waals surface area contributed by atoms with Gasteiger partial charge in [-0.25, -0.2) is 14.5 Å². The molecule has 1 rings (SSSR count). The molecule has 0 saturated heterocycles. The molecule has 0 saturated carbocycles. The molecule has 1 aromatic heterocycles. The van der Waals surface area contributed by atoms with E-state index in [-0.39, 0.29) is 18.4 Å². The van der Waals surface area contributed by atoms with E-state index in [1.54, 1.807) is 34.6 Å². The largest absolute Gasteiger partial charge is 0.460 e. The number of aromatic nitrogens is 1. The summed E-state index contributed by atoms with van der Waals surface area (Å²) in [6, 6.07) is -0.0141. The third-order valence-electron chi connectivity index (χ3n) is 2.20. The molecule has 112 valence electrons. The molecule has 0 bridgehead atoms. The van der Waals surface area contributed by atoms with E-state index < -0.39 is 17.7 Å². The molecule has 0 atom stereocenters. The minimum absolute atomic E-state index is 0.0141. The van der Waals surface area contributed by atoms with Crippen LogP contribution in [0, 0.1) is 6.92 Å². The Balaban J connectivity index is 2.90. The van der Waals surface area contributed by atoms with Crippen molar-refractivity contribution < 1.29 is 23.5 Å². The van der Waals surface area contributed by atoms with Crippen molar-refractivity contribution in [1.82, 2.24) is 4.98 Å². The number of carbonyl (C=O) groups excluding carboxylic acids is 2. The van der Waals surface area contributed by atoms with Crippen molar-refractivity contribution in [2.75, 3.05) is 18.6 Å². The van der Waals surface area contributed by atoms with E-state index in [2.05, 4.69) is 4.98 Å². The molecule has 7 nitrogen and oxygen atoms in total. The average molecular weight is 284 g/mol. The molecule has 0 N–H and O–H groups in total. The maximum absolute atomic E-state index is 11.9. The highest BCUT2D eigenvalue weighted by atomic mass is 16.6. The van der Waals surface area contributed by atoms with E-state index in [0.717, 1.165) is 4.90 Å². The highest BCUT2D eigenvalue weighted by molar-refractivity contribution is 5.89. The maximum atomic E-state index is 11.9. The van der Waals surface area contributed by atoms with Gasteiger partial charge in [0.2, 0.25) is 5.76 Å². The van der Waals surface area contributed by atoms with Crippen LogP contribution in [0.3, 0.4) is 0 Å². The van der Waals surface area contributed by atoms with Gasteiger partial charge in [0, 0.05) is 7.05 Å². The number of hydrogen-bond acceptors (Lipinski definition) is 6. The molecule has 7 heteroatoms. The summed E-state index contributed by atoms with van der Waals surface area (Å²) in [5.74, 6) is -0.626. The van der Waals surface area contributed by atoms with Crippen molar-refractivity contribution in [3.63, 3.8) is 0 Å². The fraction of sp³-hybridized carbons (Fsp3) is 0.615. The summed E-state index contributed by atoms with van der Waals surface area (Å²) in [7, 11) is 1.45. The molecule has 0 fully saturated rings. The molecule has 0 aliphatic heterocycles. The normalized spacial score (nSPS) is 11.1. The first-order valence-corrected chi connectivity index (χ1v) is 6.27. The van der Waals surface area contributed by atoms with Gasteiger partial charge in [0.05, 0.1) is 12.3 Å². The van der Waals surface area contributed by atoms with Gasteiger partial charge in [0.25, 0.3) is 0 Å². The fourth-order valence-electron chi connectivity index (χ4n) is 1.32. The molecule has 1 amide bonds. The minimum atomic E-state index is -0.628. The number of rotatable bonds is 3. The molecular weight excluding hydrogens is 264 g/mol. The highest BCUT2D eigenvalue weighted by Crippen LogP contribution is 2.20. The number of anilines is 1. The Kier molecular flexibility index (Phi) is 4.75. The molecule has 0 spiro atoms. The van der Waals surface area contributed by atoms with Crippen molar-refractivity contribution in [3.8, 4) is 0 Å². The zero-order valence-electron chi connectivity index (χ0n) is 12.6. The van der Waals surface area contributed by atoms with Gasteiger partial charge < -0.3 is 13.9 Å². The lowest BCUT2D eigenvalue weighted by molar-refractivity contribution is 0.0482. The molecular formula is C13H20N2O5. The summed E-state index contributed by atoms with van der Waals surface area (Å²) < 4.78 is 15.3. The second-order valence-corrected chi connectivity index (χ2v) is 5.17. The van der Waals surface area contributed by atoms with Crippen LogP contribution in [0.25, 0.3) is 0 Å². The lowest BCUT2D eigenvalue weighted by atomic mass is 10.2. The number of amides is 1. The monoisotopic (exact) mass is 284 g/mol. The SMILES string of the molecule is CCOC(=O)c1oc(N(C)C(=O)OC(C)(C)C)nc1C. The van der Waals surface area contributed by atoms with Gasteiger partial charge in [0.15, 0.2) is 0 Å². The predicted octanol–water partition coefficient (Wildman–Crippen LogP) is 2.53. The van der Waals surface area contributed by atoms with E-state index in [4.69, 9.17) is 13.9 Å². The Morgan fingerprint density at radius 2 is 1.95 bits per heavy atom. The van der Waals surface area contributed by atoms with Crippen LogP contribution in [0.15, 0.2) is 4.42 Å². The van der Waals surface area contributed by atoms with Crippen molar-refractivity contribution in [1.29, 1.82) is 0 Å². The Bertz CT molecular complexity index is 501. The number of esters is 1. The second-order valence-electron chi connectivity index (χ2n) is 5.17. The van der Waals surface area contributed by atoms with Gasteiger partial charge in [0.1, 0.15) is 5.60 Å². The molecule has 0 radical (unpaired) electrons. The van der Waals surface area contributed by atoms with Crippen molar-refractivity contribution in [2.24, 2.45) is 0 Å². The number of oxazole rings is 1.